The third-order valence-electron chi connectivity index (χ3n) is 3.29. The minimum atomic E-state index is -0.290. The summed E-state index contributed by atoms with van der Waals surface area (Å²) in [6.45, 7) is 0.120. The Morgan fingerprint density at radius 1 is 1.45 bits per heavy atom. The molecule has 0 fully saturated rings. The molecule has 0 unspecified atom stereocenters. The van der Waals surface area contributed by atoms with Crippen molar-refractivity contribution < 1.29 is 9.53 Å². The van der Waals surface area contributed by atoms with Crippen molar-refractivity contribution in [1.29, 1.82) is 0 Å². The van der Waals surface area contributed by atoms with E-state index in [1.54, 1.807) is 6.20 Å². The molecule has 3 N–H and O–H groups in total. The molecule has 0 atom stereocenters. The first kappa shape index (κ1) is 14.5. The molecular weight excluding hydrogens is 256 g/mol. The van der Waals surface area contributed by atoms with Gasteiger partial charge in [-0.25, -0.2) is 4.99 Å². The number of carbonyl (C=O) groups excluding carboxylic acids is 1. The normalized spacial score (nSPS) is 15.3. The Hall–Kier alpha value is -1.95. The number of aromatic nitrogens is 1. The highest BCUT2D eigenvalue weighted by atomic mass is 16.5. The summed E-state index contributed by atoms with van der Waals surface area (Å²) in [6.07, 6.45) is 7.11. The molecule has 2 rings (SSSR count). The fraction of sp³-hybridized carbons (Fsp3) is 0.500. The maximum atomic E-state index is 12.0. The number of hydrogen-bond donors (Lipinski definition) is 2. The molecule has 6 nitrogen and oxygen atoms in total. The number of aliphatic imine (C=N–C) groups is 1. The van der Waals surface area contributed by atoms with E-state index in [2.05, 4.69) is 15.3 Å². The fourth-order valence-electron chi connectivity index (χ4n) is 2.25. The molecule has 0 spiro atoms. The van der Waals surface area contributed by atoms with E-state index < -0.39 is 0 Å². The van der Waals surface area contributed by atoms with Gasteiger partial charge < -0.3 is 10.5 Å². The minimum absolute atomic E-state index is 0.0480. The summed E-state index contributed by atoms with van der Waals surface area (Å²) in [5.74, 6) is -0.242. The molecule has 1 aromatic heterocycles. The predicted molar refractivity (Wildman–Crippen MR) is 76.5 cm³/mol. The molecule has 20 heavy (non-hydrogen) atoms. The van der Waals surface area contributed by atoms with E-state index in [-0.39, 0.29) is 18.6 Å². The molecule has 0 bridgehead atoms. The summed E-state index contributed by atoms with van der Waals surface area (Å²) in [5.41, 5.74) is 8.37. The first-order valence-corrected chi connectivity index (χ1v) is 6.78. The number of nitrogens with zero attached hydrogens (tertiary/aromatic N) is 2. The first-order valence-electron chi connectivity index (χ1n) is 6.78. The van der Waals surface area contributed by atoms with Gasteiger partial charge in [0.2, 0.25) is 0 Å². The van der Waals surface area contributed by atoms with Gasteiger partial charge >= 0.3 is 0 Å². The van der Waals surface area contributed by atoms with Crippen LogP contribution in [0.3, 0.4) is 0 Å². The van der Waals surface area contributed by atoms with Gasteiger partial charge in [-0.2, -0.15) is 0 Å². The van der Waals surface area contributed by atoms with Gasteiger partial charge in [-0.15, -0.1) is 0 Å². The van der Waals surface area contributed by atoms with Crippen molar-refractivity contribution in [2.75, 3.05) is 13.8 Å². The second-order valence-corrected chi connectivity index (χ2v) is 4.81. The number of hydrogen-bond acceptors (Lipinski definition) is 4. The topological polar surface area (TPSA) is 89.6 Å². The number of rotatable bonds is 3. The number of carbonyl (C=O) groups is 1. The minimum Gasteiger partial charge on any atom is -0.370 e. The van der Waals surface area contributed by atoms with E-state index in [1.165, 1.54) is 25.5 Å². The Kier molecular flexibility index (Phi) is 5.06. The number of aryl methyl sites for hydroxylation is 2. The summed E-state index contributed by atoms with van der Waals surface area (Å²) in [4.78, 5) is 20.3. The highest BCUT2D eigenvalue weighted by Crippen LogP contribution is 2.19. The average molecular weight is 276 g/mol. The van der Waals surface area contributed by atoms with Crippen molar-refractivity contribution in [2.45, 2.75) is 32.1 Å². The molecule has 0 saturated heterocycles. The van der Waals surface area contributed by atoms with Crippen LogP contribution in [0.2, 0.25) is 0 Å². The molecule has 0 saturated carbocycles. The molecule has 1 aliphatic rings. The zero-order valence-electron chi connectivity index (χ0n) is 11.7. The van der Waals surface area contributed by atoms with Gasteiger partial charge in [0.25, 0.3) is 5.91 Å². The van der Waals surface area contributed by atoms with Gasteiger partial charge in [-0.05, 0) is 37.3 Å². The number of nitrogens with two attached hydrogens (primary N) is 1. The Morgan fingerprint density at radius 3 is 3.05 bits per heavy atom. The van der Waals surface area contributed by atoms with Gasteiger partial charge in [-0.1, -0.05) is 6.42 Å². The van der Waals surface area contributed by atoms with E-state index in [9.17, 15) is 4.79 Å². The SMILES string of the molecule is COCN=C(N)NC(=O)c1cnc2c(c1)CCCCC2. The predicted octanol–water partition coefficient (Wildman–Crippen LogP) is 0.999. The number of fused-ring (bicyclic) bond motifs is 1. The number of nitrogens with one attached hydrogen (secondary N) is 1. The Bertz CT molecular complexity index is 514. The molecule has 1 heterocycles. The molecule has 0 aromatic carbocycles. The second-order valence-electron chi connectivity index (χ2n) is 4.81. The number of guanidine groups is 1. The molecule has 1 aromatic rings. The van der Waals surface area contributed by atoms with Gasteiger partial charge in [0.1, 0.15) is 6.73 Å². The van der Waals surface area contributed by atoms with Crippen LogP contribution >= 0.6 is 0 Å². The van der Waals surface area contributed by atoms with Crippen molar-refractivity contribution in [2.24, 2.45) is 10.7 Å². The standard InChI is InChI=1S/C14H20N4O2/c1-20-9-17-14(15)18-13(19)11-7-10-5-3-2-4-6-12(10)16-8-11/h7-8H,2-6,9H2,1H3,(H3,15,17,18,19). The largest absolute Gasteiger partial charge is 0.370 e. The fourth-order valence-corrected chi connectivity index (χ4v) is 2.25. The highest BCUT2D eigenvalue weighted by molar-refractivity contribution is 6.05. The van der Waals surface area contributed by atoms with E-state index >= 15 is 0 Å². The van der Waals surface area contributed by atoms with Crippen molar-refractivity contribution in [1.82, 2.24) is 10.3 Å². The number of pyridine rings is 1. The zero-order chi connectivity index (χ0) is 14.4. The van der Waals surface area contributed by atoms with Crippen LogP contribution in [0.1, 0.15) is 40.9 Å². The summed E-state index contributed by atoms with van der Waals surface area (Å²) in [6, 6.07) is 1.91. The van der Waals surface area contributed by atoms with Crippen molar-refractivity contribution in [3.05, 3.63) is 29.1 Å². The van der Waals surface area contributed by atoms with Crippen LogP contribution in [0.4, 0.5) is 0 Å². The highest BCUT2D eigenvalue weighted by Gasteiger charge is 2.13. The first-order chi connectivity index (χ1) is 9.70. The Balaban J connectivity index is 2.09. The second kappa shape index (κ2) is 7.00. The maximum absolute atomic E-state index is 12.0. The molecular formula is C14H20N4O2. The van der Waals surface area contributed by atoms with Crippen LogP contribution in [0.15, 0.2) is 17.3 Å². The average Bonchev–Trinajstić information content (AvgIpc) is 2.69. The Morgan fingerprint density at radius 2 is 2.25 bits per heavy atom. The third-order valence-corrected chi connectivity index (χ3v) is 3.29. The maximum Gasteiger partial charge on any atom is 0.259 e. The van der Waals surface area contributed by atoms with Crippen molar-refractivity contribution in [3.63, 3.8) is 0 Å². The smallest absolute Gasteiger partial charge is 0.259 e. The molecule has 108 valence electrons. The van der Waals surface area contributed by atoms with Crippen molar-refractivity contribution in [3.8, 4) is 0 Å². The van der Waals surface area contributed by atoms with Crippen LogP contribution < -0.4 is 11.1 Å². The van der Waals surface area contributed by atoms with Crippen LogP contribution in [0.25, 0.3) is 0 Å². The number of methoxy groups -OCH3 is 1. The van der Waals surface area contributed by atoms with E-state index in [0.29, 0.717) is 5.56 Å². The lowest BCUT2D eigenvalue weighted by molar-refractivity contribution is 0.0975. The van der Waals surface area contributed by atoms with Crippen molar-refractivity contribution >= 4 is 11.9 Å². The van der Waals surface area contributed by atoms with Gasteiger partial charge in [0.15, 0.2) is 5.96 Å². The Labute approximate surface area is 118 Å². The third kappa shape index (κ3) is 3.77. The summed E-state index contributed by atoms with van der Waals surface area (Å²) >= 11 is 0. The van der Waals surface area contributed by atoms with E-state index in [0.717, 1.165) is 25.0 Å². The van der Waals surface area contributed by atoms with Gasteiger partial charge in [0, 0.05) is 19.0 Å². The molecule has 0 aliphatic heterocycles. The van der Waals surface area contributed by atoms with Crippen LogP contribution in [0.5, 0.6) is 0 Å². The lowest BCUT2D eigenvalue weighted by atomic mass is 10.1. The molecule has 0 radical (unpaired) electrons. The monoisotopic (exact) mass is 276 g/mol. The molecule has 1 amide bonds. The lowest BCUT2D eigenvalue weighted by Crippen LogP contribution is -2.37. The van der Waals surface area contributed by atoms with Crippen LogP contribution in [-0.2, 0) is 17.6 Å². The van der Waals surface area contributed by atoms with Gasteiger partial charge in [0.05, 0.1) is 5.56 Å². The lowest BCUT2D eigenvalue weighted by Gasteiger charge is -2.08. The quantitative estimate of drug-likeness (QED) is 0.489. The summed E-state index contributed by atoms with van der Waals surface area (Å²) in [5, 5.41) is 2.52. The van der Waals surface area contributed by atoms with E-state index in [4.69, 9.17) is 10.5 Å². The summed E-state index contributed by atoms with van der Waals surface area (Å²) < 4.78 is 4.76. The molecule has 1 aliphatic carbocycles. The summed E-state index contributed by atoms with van der Waals surface area (Å²) in [7, 11) is 1.51. The number of amides is 1. The molecule has 6 heteroatoms. The number of ether oxygens (including phenoxy) is 1. The van der Waals surface area contributed by atoms with Crippen LogP contribution in [-0.4, -0.2) is 30.7 Å². The van der Waals surface area contributed by atoms with Crippen LogP contribution in [0, 0.1) is 0 Å². The zero-order valence-corrected chi connectivity index (χ0v) is 11.7. The van der Waals surface area contributed by atoms with Gasteiger partial charge in [-0.3, -0.25) is 15.1 Å². The van der Waals surface area contributed by atoms with E-state index in [1.807, 2.05) is 6.07 Å².